The average Bonchev–Trinajstić information content (AvgIpc) is 3.34. The van der Waals surface area contributed by atoms with E-state index in [-0.39, 0.29) is 24.9 Å². The summed E-state index contributed by atoms with van der Waals surface area (Å²) in [6.07, 6.45) is 2.68. The molecule has 188 valence electrons. The van der Waals surface area contributed by atoms with Crippen LogP contribution in [0.25, 0.3) is 0 Å². The lowest BCUT2D eigenvalue weighted by Gasteiger charge is -2.35. The highest BCUT2D eigenvalue weighted by Crippen LogP contribution is 2.49. The van der Waals surface area contributed by atoms with Gasteiger partial charge in [0.15, 0.2) is 11.5 Å². The Balaban J connectivity index is 1.42. The highest BCUT2D eigenvalue weighted by atomic mass is 16.7. The Bertz CT molecular complexity index is 1410. The molecule has 2 aromatic carbocycles. The van der Waals surface area contributed by atoms with Gasteiger partial charge in [0, 0.05) is 24.9 Å². The van der Waals surface area contributed by atoms with Crippen LogP contribution in [0.5, 0.6) is 23.1 Å². The smallest absolute Gasteiger partial charge is 0.331 e. The Morgan fingerprint density at radius 2 is 2.06 bits per heavy atom. The second-order valence-corrected chi connectivity index (χ2v) is 8.84. The van der Waals surface area contributed by atoms with E-state index in [2.05, 4.69) is 14.9 Å². The number of benzene rings is 2. The van der Waals surface area contributed by atoms with E-state index in [9.17, 15) is 14.7 Å². The summed E-state index contributed by atoms with van der Waals surface area (Å²) in [6, 6.07) is 11.5. The molecule has 10 heteroatoms. The van der Waals surface area contributed by atoms with Gasteiger partial charge in [-0.15, -0.1) is 0 Å². The van der Waals surface area contributed by atoms with Crippen molar-refractivity contribution in [3.05, 3.63) is 79.5 Å². The van der Waals surface area contributed by atoms with E-state index in [4.69, 9.17) is 14.2 Å². The van der Waals surface area contributed by atoms with Crippen molar-refractivity contribution in [3.8, 4) is 23.1 Å². The van der Waals surface area contributed by atoms with E-state index in [1.165, 1.54) is 6.21 Å². The van der Waals surface area contributed by atoms with E-state index < -0.39 is 17.1 Å². The van der Waals surface area contributed by atoms with Gasteiger partial charge in [-0.25, -0.2) is 4.79 Å². The van der Waals surface area contributed by atoms with E-state index >= 15 is 0 Å². The predicted molar refractivity (Wildman–Crippen MR) is 134 cm³/mol. The Hall–Kier alpha value is -4.05. The van der Waals surface area contributed by atoms with Crippen LogP contribution >= 0.6 is 0 Å². The molecule has 0 spiro atoms. The maximum atomic E-state index is 12.5. The summed E-state index contributed by atoms with van der Waals surface area (Å²) < 4.78 is 18.1. The number of H-pyrrole nitrogens is 1. The molecule has 5 rings (SSSR count). The van der Waals surface area contributed by atoms with Gasteiger partial charge in [-0.2, -0.15) is 0 Å². The number of methoxy groups -OCH3 is 1. The van der Waals surface area contributed by atoms with Gasteiger partial charge in [0.05, 0.1) is 19.7 Å². The quantitative estimate of drug-likeness (QED) is 0.484. The minimum absolute atomic E-state index is 0.0565. The monoisotopic (exact) mass is 492 g/mol. The van der Waals surface area contributed by atoms with Crippen LogP contribution in [0.2, 0.25) is 0 Å². The molecular weight excluding hydrogens is 464 g/mol. The summed E-state index contributed by atoms with van der Waals surface area (Å²) in [4.78, 5) is 33.8. The fourth-order valence-corrected chi connectivity index (χ4v) is 4.78. The highest BCUT2D eigenvalue weighted by Gasteiger charge is 2.33. The Morgan fingerprint density at radius 3 is 2.83 bits per heavy atom. The maximum absolute atomic E-state index is 12.5. The molecule has 0 bridgehead atoms. The van der Waals surface area contributed by atoms with Crippen LogP contribution in [0.3, 0.4) is 0 Å². The number of ether oxygens (including phenoxy) is 3. The molecule has 0 fully saturated rings. The van der Waals surface area contributed by atoms with Gasteiger partial charge in [0.2, 0.25) is 18.4 Å². The zero-order valence-electron chi connectivity index (χ0n) is 20.2. The highest BCUT2D eigenvalue weighted by molar-refractivity contribution is 5.81. The predicted octanol–water partition coefficient (Wildman–Crippen LogP) is 1.87. The molecule has 1 atom stereocenters. The van der Waals surface area contributed by atoms with Crippen molar-refractivity contribution in [2.45, 2.75) is 25.4 Å². The number of hydrogen-bond acceptors (Lipinski definition) is 8. The van der Waals surface area contributed by atoms with Gasteiger partial charge >= 0.3 is 5.69 Å². The van der Waals surface area contributed by atoms with Crippen LogP contribution in [-0.2, 0) is 19.4 Å². The third-order valence-electron chi connectivity index (χ3n) is 6.72. The average molecular weight is 493 g/mol. The molecule has 36 heavy (non-hydrogen) atoms. The molecule has 0 saturated carbocycles. The normalized spacial score (nSPS) is 16.9. The lowest BCUT2D eigenvalue weighted by molar-refractivity contribution is 0.170. The lowest BCUT2D eigenvalue weighted by Crippen LogP contribution is -2.34. The van der Waals surface area contributed by atoms with Crippen LogP contribution in [0.15, 0.2) is 51.0 Å². The summed E-state index contributed by atoms with van der Waals surface area (Å²) in [5.41, 5.74) is 1.68. The minimum atomic E-state index is -0.685. The molecule has 0 unspecified atom stereocenters. The molecule has 2 aliphatic heterocycles. The third-order valence-corrected chi connectivity index (χ3v) is 6.72. The van der Waals surface area contributed by atoms with Crippen LogP contribution in [0.1, 0.15) is 28.3 Å². The van der Waals surface area contributed by atoms with Crippen molar-refractivity contribution in [2.24, 2.45) is 4.99 Å². The summed E-state index contributed by atoms with van der Waals surface area (Å²) >= 11 is 0. The van der Waals surface area contributed by atoms with E-state index in [0.29, 0.717) is 30.2 Å². The number of fused-ring (bicyclic) bond motifs is 2. The first-order valence-corrected chi connectivity index (χ1v) is 11.8. The molecule has 0 amide bonds. The minimum Gasteiger partial charge on any atom is -0.494 e. The van der Waals surface area contributed by atoms with Gasteiger partial charge in [-0.1, -0.05) is 30.3 Å². The van der Waals surface area contributed by atoms with Crippen LogP contribution in [0.4, 0.5) is 0 Å². The number of aromatic nitrogens is 2. The summed E-state index contributed by atoms with van der Waals surface area (Å²) in [6.45, 7) is 1.48. The second kappa shape index (κ2) is 9.90. The van der Waals surface area contributed by atoms with Crippen LogP contribution < -0.4 is 25.5 Å². The molecular formula is C26H28N4O6. The number of aromatic hydroxyl groups is 1. The van der Waals surface area contributed by atoms with Crippen LogP contribution in [0, 0.1) is 0 Å². The Morgan fingerprint density at radius 1 is 1.25 bits per heavy atom. The molecule has 3 heterocycles. The molecule has 1 aromatic heterocycles. The summed E-state index contributed by atoms with van der Waals surface area (Å²) in [5.74, 6) is 1.48. The number of aromatic amines is 1. The number of rotatable bonds is 7. The Labute approximate surface area is 207 Å². The third kappa shape index (κ3) is 4.35. The first kappa shape index (κ1) is 23.7. The largest absolute Gasteiger partial charge is 0.494 e. The van der Waals surface area contributed by atoms with E-state index in [1.807, 2.05) is 43.4 Å². The number of hydrogen-bond donors (Lipinski definition) is 2. The number of nitrogens with one attached hydrogen (secondary N) is 1. The lowest BCUT2D eigenvalue weighted by atomic mass is 9.91. The van der Waals surface area contributed by atoms with Gasteiger partial charge in [-0.3, -0.25) is 24.2 Å². The van der Waals surface area contributed by atoms with Crippen molar-refractivity contribution in [1.82, 2.24) is 14.5 Å². The number of nitrogens with zero attached hydrogens (tertiary/aromatic N) is 3. The fraction of sp³-hybridized carbons (Fsp3) is 0.346. The second-order valence-electron chi connectivity index (χ2n) is 8.84. The molecule has 0 aliphatic carbocycles. The van der Waals surface area contributed by atoms with E-state index in [0.717, 1.165) is 34.2 Å². The SMILES string of the molecule is COc1c2c(cc3c1[C@H](CN=Cc1c(O)n(CCc4ccccc4)c(=O)[nH]c1=O)N(C)CC3)OCO2. The summed E-state index contributed by atoms with van der Waals surface area (Å²) in [5, 5.41) is 10.8. The van der Waals surface area contributed by atoms with Gasteiger partial charge in [-0.05, 0) is 37.1 Å². The first-order valence-electron chi connectivity index (χ1n) is 11.8. The first-order chi connectivity index (χ1) is 17.5. The maximum Gasteiger partial charge on any atom is 0.331 e. The number of aliphatic imine (C=N–C) groups is 1. The van der Waals surface area contributed by atoms with Crippen molar-refractivity contribution < 1.29 is 19.3 Å². The van der Waals surface area contributed by atoms with Crippen molar-refractivity contribution >= 4 is 6.21 Å². The topological polar surface area (TPSA) is 118 Å². The van der Waals surface area contributed by atoms with Crippen molar-refractivity contribution in [1.29, 1.82) is 0 Å². The molecule has 3 aromatic rings. The van der Waals surface area contributed by atoms with Crippen molar-refractivity contribution in [2.75, 3.05) is 34.0 Å². The molecule has 2 aliphatic rings. The Kier molecular flexibility index (Phi) is 6.51. The van der Waals surface area contributed by atoms with E-state index in [1.54, 1.807) is 7.11 Å². The molecule has 2 N–H and O–H groups in total. The molecule has 0 saturated heterocycles. The van der Waals surface area contributed by atoms with Gasteiger partial charge in [0.1, 0.15) is 5.56 Å². The molecule has 0 radical (unpaired) electrons. The number of likely N-dealkylation sites (N-methyl/N-ethyl adjacent to an activating group) is 1. The van der Waals surface area contributed by atoms with Gasteiger partial charge < -0.3 is 19.3 Å². The van der Waals surface area contributed by atoms with Crippen molar-refractivity contribution in [3.63, 3.8) is 0 Å². The van der Waals surface area contributed by atoms with Gasteiger partial charge in [0.25, 0.3) is 5.56 Å². The number of aryl methyl sites for hydroxylation is 1. The fourth-order valence-electron chi connectivity index (χ4n) is 4.78. The molecule has 10 nitrogen and oxygen atoms in total. The standard InChI is InChI=1S/C26H28N4O6/c1-29-10-9-17-12-20-22(36-15-35-20)23(34-2)21(17)19(29)14-27-13-18-24(31)28-26(33)30(25(18)32)11-8-16-6-4-3-5-7-16/h3-7,12-13,19,32H,8-11,14-15H2,1-2H3,(H,28,31,33)/t19-/m0/s1. The summed E-state index contributed by atoms with van der Waals surface area (Å²) in [7, 11) is 3.60. The zero-order chi connectivity index (χ0) is 25.2. The zero-order valence-corrected chi connectivity index (χ0v) is 20.2. The van der Waals surface area contributed by atoms with Crippen LogP contribution in [-0.4, -0.2) is 59.8 Å².